The molecule has 0 atom stereocenters. The van der Waals surface area contributed by atoms with Crippen molar-refractivity contribution in [3.63, 3.8) is 0 Å². The molecular formula is C15H17N3O. The summed E-state index contributed by atoms with van der Waals surface area (Å²) in [5.74, 6) is 0.0241. The summed E-state index contributed by atoms with van der Waals surface area (Å²) in [6, 6.07) is 11.6. The number of nitrogens with zero attached hydrogens (tertiary/aromatic N) is 1. The quantitative estimate of drug-likeness (QED) is 0.863. The number of hydrogen-bond acceptors (Lipinski definition) is 3. The van der Waals surface area contributed by atoms with Crippen LogP contribution < -0.4 is 10.6 Å². The maximum atomic E-state index is 11.2. The average molecular weight is 255 g/mol. The summed E-state index contributed by atoms with van der Waals surface area (Å²) in [5.41, 5.74) is 2.96. The second-order valence-corrected chi connectivity index (χ2v) is 4.19. The van der Waals surface area contributed by atoms with Crippen LogP contribution in [0.1, 0.15) is 18.9 Å². The van der Waals surface area contributed by atoms with Gasteiger partial charge in [-0.2, -0.15) is 0 Å². The van der Waals surface area contributed by atoms with Crippen molar-refractivity contribution in [2.45, 2.75) is 19.9 Å². The number of rotatable bonds is 5. The standard InChI is InChI=1S/C15H17N3O/c1-2-15(19)18-14-7-5-13(6-8-14)17-11-12-4-3-9-16-10-12/h3-10,17H,2,11H2,1H3,(H,18,19). The molecule has 0 aliphatic carbocycles. The fraction of sp³-hybridized carbons (Fsp3) is 0.200. The zero-order chi connectivity index (χ0) is 13.5. The second kappa shape index (κ2) is 6.54. The molecule has 98 valence electrons. The third kappa shape index (κ3) is 4.10. The second-order valence-electron chi connectivity index (χ2n) is 4.19. The van der Waals surface area contributed by atoms with Crippen molar-refractivity contribution in [1.29, 1.82) is 0 Å². The highest BCUT2D eigenvalue weighted by Gasteiger charge is 1.99. The number of pyridine rings is 1. The molecule has 19 heavy (non-hydrogen) atoms. The van der Waals surface area contributed by atoms with Crippen LogP contribution in [0, 0.1) is 0 Å². The average Bonchev–Trinajstić information content (AvgIpc) is 2.47. The summed E-state index contributed by atoms with van der Waals surface area (Å²) >= 11 is 0. The van der Waals surface area contributed by atoms with Crippen LogP contribution in [0.3, 0.4) is 0 Å². The van der Waals surface area contributed by atoms with Crippen molar-refractivity contribution in [2.75, 3.05) is 10.6 Å². The third-order valence-electron chi connectivity index (χ3n) is 2.71. The van der Waals surface area contributed by atoms with Crippen molar-refractivity contribution in [3.05, 3.63) is 54.4 Å². The van der Waals surface area contributed by atoms with Crippen molar-refractivity contribution < 1.29 is 4.79 Å². The van der Waals surface area contributed by atoms with Gasteiger partial charge >= 0.3 is 0 Å². The molecule has 2 aromatic rings. The van der Waals surface area contributed by atoms with Crippen LogP contribution in [0.15, 0.2) is 48.8 Å². The molecular weight excluding hydrogens is 238 g/mol. The highest BCUT2D eigenvalue weighted by molar-refractivity contribution is 5.90. The Hall–Kier alpha value is -2.36. The lowest BCUT2D eigenvalue weighted by molar-refractivity contribution is -0.115. The van der Waals surface area contributed by atoms with Gasteiger partial charge in [0.2, 0.25) is 5.91 Å². The van der Waals surface area contributed by atoms with Crippen LogP contribution in [-0.4, -0.2) is 10.9 Å². The third-order valence-corrected chi connectivity index (χ3v) is 2.71. The van der Waals surface area contributed by atoms with Crippen LogP contribution in [0.2, 0.25) is 0 Å². The van der Waals surface area contributed by atoms with Crippen LogP contribution in [0.4, 0.5) is 11.4 Å². The molecule has 4 nitrogen and oxygen atoms in total. The molecule has 1 amide bonds. The smallest absolute Gasteiger partial charge is 0.224 e. The van der Waals surface area contributed by atoms with Crippen LogP contribution in [0.5, 0.6) is 0 Å². The molecule has 0 unspecified atom stereocenters. The predicted molar refractivity (Wildman–Crippen MR) is 76.9 cm³/mol. The highest BCUT2D eigenvalue weighted by Crippen LogP contribution is 2.14. The lowest BCUT2D eigenvalue weighted by atomic mass is 10.2. The van der Waals surface area contributed by atoms with Gasteiger partial charge in [0.1, 0.15) is 0 Å². The summed E-state index contributed by atoms with van der Waals surface area (Å²) in [6.07, 6.45) is 4.08. The van der Waals surface area contributed by atoms with Gasteiger partial charge in [-0.25, -0.2) is 0 Å². The van der Waals surface area contributed by atoms with E-state index in [4.69, 9.17) is 0 Å². The Morgan fingerprint density at radius 1 is 1.16 bits per heavy atom. The van der Waals surface area contributed by atoms with Gasteiger partial charge in [0, 0.05) is 36.7 Å². The molecule has 0 spiro atoms. The number of nitrogens with one attached hydrogen (secondary N) is 2. The van der Waals surface area contributed by atoms with Gasteiger partial charge in [-0.05, 0) is 35.9 Å². The Morgan fingerprint density at radius 3 is 2.53 bits per heavy atom. The Balaban J connectivity index is 1.90. The lowest BCUT2D eigenvalue weighted by Crippen LogP contribution is -2.09. The molecule has 4 heteroatoms. The van der Waals surface area contributed by atoms with E-state index in [9.17, 15) is 4.79 Å². The number of anilines is 2. The number of hydrogen-bond donors (Lipinski definition) is 2. The van der Waals surface area contributed by atoms with E-state index in [1.807, 2.05) is 49.5 Å². The molecule has 0 fully saturated rings. The maximum Gasteiger partial charge on any atom is 0.224 e. The van der Waals surface area contributed by atoms with E-state index < -0.39 is 0 Å². The number of benzene rings is 1. The van der Waals surface area contributed by atoms with Gasteiger partial charge in [-0.1, -0.05) is 13.0 Å². The van der Waals surface area contributed by atoms with Gasteiger partial charge < -0.3 is 10.6 Å². The minimum atomic E-state index is 0.0241. The van der Waals surface area contributed by atoms with Crippen LogP contribution in [-0.2, 0) is 11.3 Å². The first-order chi connectivity index (χ1) is 9.28. The van der Waals surface area contributed by atoms with Crippen LogP contribution >= 0.6 is 0 Å². The SMILES string of the molecule is CCC(=O)Nc1ccc(NCc2cccnc2)cc1. The van der Waals surface area contributed by atoms with Crippen molar-refractivity contribution >= 4 is 17.3 Å². The number of carbonyl (C=O) groups excluding carboxylic acids is 1. The van der Waals surface area contributed by atoms with E-state index in [1.165, 1.54) is 0 Å². The molecule has 0 radical (unpaired) electrons. The first-order valence-corrected chi connectivity index (χ1v) is 6.30. The molecule has 1 heterocycles. The van der Waals surface area contributed by atoms with E-state index in [1.54, 1.807) is 6.20 Å². The van der Waals surface area contributed by atoms with E-state index in [0.29, 0.717) is 6.42 Å². The number of carbonyl (C=O) groups is 1. The Labute approximate surface area is 112 Å². The zero-order valence-corrected chi connectivity index (χ0v) is 10.9. The predicted octanol–water partition coefficient (Wildman–Crippen LogP) is 3.04. The topological polar surface area (TPSA) is 54.0 Å². The van der Waals surface area contributed by atoms with E-state index in [2.05, 4.69) is 15.6 Å². The molecule has 1 aromatic carbocycles. The fourth-order valence-electron chi connectivity index (χ4n) is 1.63. The zero-order valence-electron chi connectivity index (χ0n) is 10.9. The number of amides is 1. The van der Waals surface area contributed by atoms with Gasteiger partial charge in [0.05, 0.1) is 0 Å². The fourth-order valence-corrected chi connectivity index (χ4v) is 1.63. The number of aromatic nitrogens is 1. The van der Waals surface area contributed by atoms with Gasteiger partial charge in [0.15, 0.2) is 0 Å². The summed E-state index contributed by atoms with van der Waals surface area (Å²) < 4.78 is 0. The molecule has 0 aliphatic rings. The Bertz CT molecular complexity index is 523. The molecule has 0 saturated heterocycles. The largest absolute Gasteiger partial charge is 0.381 e. The Kier molecular flexibility index (Phi) is 4.50. The summed E-state index contributed by atoms with van der Waals surface area (Å²) in [4.78, 5) is 15.3. The molecule has 0 saturated carbocycles. The summed E-state index contributed by atoms with van der Waals surface area (Å²) in [5, 5.41) is 6.12. The summed E-state index contributed by atoms with van der Waals surface area (Å²) in [7, 11) is 0. The lowest BCUT2D eigenvalue weighted by Gasteiger charge is -2.08. The molecule has 2 rings (SSSR count). The maximum absolute atomic E-state index is 11.2. The van der Waals surface area contributed by atoms with E-state index in [0.717, 1.165) is 23.5 Å². The molecule has 1 aromatic heterocycles. The minimum absolute atomic E-state index is 0.0241. The van der Waals surface area contributed by atoms with E-state index in [-0.39, 0.29) is 5.91 Å². The highest BCUT2D eigenvalue weighted by atomic mass is 16.1. The first-order valence-electron chi connectivity index (χ1n) is 6.30. The first kappa shape index (κ1) is 13.1. The molecule has 0 bridgehead atoms. The monoisotopic (exact) mass is 255 g/mol. The van der Waals surface area contributed by atoms with E-state index >= 15 is 0 Å². The van der Waals surface area contributed by atoms with Crippen LogP contribution in [0.25, 0.3) is 0 Å². The van der Waals surface area contributed by atoms with Crippen molar-refractivity contribution in [1.82, 2.24) is 4.98 Å². The molecule has 0 aliphatic heterocycles. The van der Waals surface area contributed by atoms with Gasteiger partial charge in [-0.15, -0.1) is 0 Å². The summed E-state index contributed by atoms with van der Waals surface area (Å²) in [6.45, 7) is 2.56. The van der Waals surface area contributed by atoms with Gasteiger partial charge in [0.25, 0.3) is 0 Å². The van der Waals surface area contributed by atoms with Gasteiger partial charge in [-0.3, -0.25) is 9.78 Å². The molecule has 2 N–H and O–H groups in total. The van der Waals surface area contributed by atoms with Crippen molar-refractivity contribution in [3.8, 4) is 0 Å². The Morgan fingerprint density at radius 2 is 1.89 bits per heavy atom. The minimum Gasteiger partial charge on any atom is -0.381 e. The van der Waals surface area contributed by atoms with Crippen molar-refractivity contribution in [2.24, 2.45) is 0 Å². The normalized spacial score (nSPS) is 9.95.